The summed E-state index contributed by atoms with van der Waals surface area (Å²) < 4.78 is 40.1. The lowest BCUT2D eigenvalue weighted by Gasteiger charge is -2.26. The SMILES string of the molecule is CCOc1nc2cccc(C(=O)OC(C)(C)OC(=O)O[C@@H]3CO[C@@H]4[C@H]3OC[C@H]4OC(=O)O)c2n1Cc1ccc(-c2ccccc2-c2nn[nH]n2)cc1. The van der Waals surface area contributed by atoms with Crippen molar-refractivity contribution in [3.05, 3.63) is 77.9 Å². The van der Waals surface area contributed by atoms with E-state index in [1.807, 2.05) is 55.5 Å². The topological polar surface area (TPSA) is 208 Å². The fourth-order valence-corrected chi connectivity index (χ4v) is 6.30. The second-order valence-corrected chi connectivity index (χ2v) is 12.4. The first-order chi connectivity index (χ1) is 25.1. The zero-order valence-corrected chi connectivity index (χ0v) is 28.3. The van der Waals surface area contributed by atoms with Gasteiger partial charge in [0, 0.05) is 19.4 Å². The van der Waals surface area contributed by atoms with E-state index in [2.05, 4.69) is 25.6 Å². The van der Waals surface area contributed by atoms with Crippen molar-refractivity contribution in [2.24, 2.45) is 0 Å². The highest BCUT2D eigenvalue weighted by atomic mass is 16.8. The van der Waals surface area contributed by atoms with Crippen LogP contribution in [0.3, 0.4) is 0 Å². The predicted molar refractivity (Wildman–Crippen MR) is 178 cm³/mol. The van der Waals surface area contributed by atoms with Crippen LogP contribution in [0, 0.1) is 0 Å². The van der Waals surface area contributed by atoms with Crippen molar-refractivity contribution in [3.8, 4) is 28.5 Å². The average Bonchev–Trinajstić information content (AvgIpc) is 3.92. The van der Waals surface area contributed by atoms with E-state index in [0.29, 0.717) is 36.0 Å². The molecular formula is C35H34N6O11. The van der Waals surface area contributed by atoms with Crippen molar-refractivity contribution in [2.75, 3.05) is 19.8 Å². The zero-order valence-electron chi connectivity index (χ0n) is 28.3. The number of imidazole rings is 1. The highest BCUT2D eigenvalue weighted by Crippen LogP contribution is 2.33. The maximum atomic E-state index is 13.7. The second-order valence-electron chi connectivity index (χ2n) is 12.4. The number of nitrogens with one attached hydrogen (secondary N) is 1. The lowest BCUT2D eigenvalue weighted by molar-refractivity contribution is -0.162. The van der Waals surface area contributed by atoms with Gasteiger partial charge < -0.3 is 38.3 Å². The molecule has 17 heteroatoms. The van der Waals surface area contributed by atoms with Gasteiger partial charge in [0.05, 0.1) is 43.0 Å². The molecule has 2 fully saturated rings. The van der Waals surface area contributed by atoms with Gasteiger partial charge in [-0.15, -0.1) is 10.2 Å². The first-order valence-electron chi connectivity index (χ1n) is 16.4. The number of carbonyl (C=O) groups is 3. The number of carboxylic acid groups (broad SMARTS) is 1. The van der Waals surface area contributed by atoms with E-state index < -0.39 is 48.5 Å². The van der Waals surface area contributed by atoms with Gasteiger partial charge >= 0.3 is 18.3 Å². The Labute approximate surface area is 295 Å². The van der Waals surface area contributed by atoms with Crippen molar-refractivity contribution in [1.29, 1.82) is 0 Å². The Morgan fingerprint density at radius 1 is 0.923 bits per heavy atom. The number of carbonyl (C=O) groups excluding carboxylic acids is 2. The number of aromatic amines is 1. The zero-order chi connectivity index (χ0) is 36.4. The molecule has 270 valence electrons. The van der Waals surface area contributed by atoms with E-state index in [4.69, 9.17) is 38.3 Å². The van der Waals surface area contributed by atoms with E-state index in [1.165, 1.54) is 13.8 Å². The number of hydrogen-bond donors (Lipinski definition) is 2. The van der Waals surface area contributed by atoms with Crippen molar-refractivity contribution in [1.82, 2.24) is 30.2 Å². The summed E-state index contributed by atoms with van der Waals surface area (Å²) in [6.45, 7) is 5.16. The molecular weight excluding hydrogens is 680 g/mol. The molecule has 2 aromatic heterocycles. The van der Waals surface area contributed by atoms with E-state index in [-0.39, 0.29) is 18.8 Å². The fraction of sp³-hybridized carbons (Fsp3) is 0.343. The van der Waals surface area contributed by atoms with Crippen LogP contribution in [0.5, 0.6) is 6.01 Å². The van der Waals surface area contributed by atoms with E-state index in [0.717, 1.165) is 22.3 Å². The summed E-state index contributed by atoms with van der Waals surface area (Å²) in [6, 6.07) is 21.0. The Balaban J connectivity index is 1.07. The van der Waals surface area contributed by atoms with Crippen LogP contribution >= 0.6 is 0 Å². The average molecular weight is 715 g/mol. The van der Waals surface area contributed by atoms with Crippen LogP contribution < -0.4 is 4.74 Å². The third-order valence-electron chi connectivity index (χ3n) is 8.47. The molecule has 2 saturated heterocycles. The van der Waals surface area contributed by atoms with Crippen LogP contribution in [0.4, 0.5) is 9.59 Å². The Morgan fingerprint density at radius 2 is 1.63 bits per heavy atom. The molecule has 7 rings (SSSR count). The molecule has 0 saturated carbocycles. The summed E-state index contributed by atoms with van der Waals surface area (Å²) in [4.78, 5) is 42.1. The van der Waals surface area contributed by atoms with E-state index >= 15 is 0 Å². The molecule has 0 spiro atoms. The minimum Gasteiger partial charge on any atom is -0.465 e. The molecule has 0 bridgehead atoms. The lowest BCUT2D eigenvalue weighted by Crippen LogP contribution is -2.39. The number of benzene rings is 3. The molecule has 52 heavy (non-hydrogen) atoms. The first-order valence-corrected chi connectivity index (χ1v) is 16.4. The van der Waals surface area contributed by atoms with Crippen molar-refractivity contribution < 1.29 is 52.6 Å². The van der Waals surface area contributed by atoms with Crippen molar-refractivity contribution in [3.63, 3.8) is 0 Å². The predicted octanol–water partition coefficient (Wildman–Crippen LogP) is 4.61. The molecule has 4 heterocycles. The number of hydrogen-bond acceptors (Lipinski definition) is 14. The fourth-order valence-electron chi connectivity index (χ4n) is 6.30. The van der Waals surface area contributed by atoms with E-state index in [9.17, 15) is 14.4 Å². The van der Waals surface area contributed by atoms with Gasteiger partial charge in [0.2, 0.25) is 5.82 Å². The molecule has 2 aliphatic rings. The lowest BCUT2D eigenvalue weighted by atomic mass is 9.98. The summed E-state index contributed by atoms with van der Waals surface area (Å²) in [5, 5.41) is 23.4. The van der Waals surface area contributed by atoms with Crippen LogP contribution in [-0.2, 0) is 35.0 Å². The standard InChI is InChI=1S/C35H34N6O11/c1-4-46-32-36-24-11-7-10-23(31(42)51-35(2,3)52-34(45)50-26-18-48-28-25(49-33(43)44)17-47-29(26)28)27(24)41(32)16-19-12-14-20(15-13-19)21-8-5-6-9-22(21)30-37-39-40-38-30/h5-15,25-26,28-29H,4,16-18H2,1-3H3,(H,43,44)(H,37,38,39,40)/t25-,26-,28+,29+/m1/s1. The Morgan fingerprint density at radius 3 is 2.31 bits per heavy atom. The first kappa shape index (κ1) is 34.4. The van der Waals surface area contributed by atoms with Crippen molar-refractivity contribution in [2.45, 2.75) is 57.5 Å². The monoisotopic (exact) mass is 714 g/mol. The van der Waals surface area contributed by atoms with Gasteiger partial charge in [-0.3, -0.25) is 4.57 Å². The number of fused-ring (bicyclic) bond motifs is 2. The van der Waals surface area contributed by atoms with Gasteiger partial charge in [-0.05, 0) is 41.0 Å². The molecule has 5 aromatic rings. The quantitative estimate of drug-likeness (QED) is 0.109. The van der Waals surface area contributed by atoms with Crippen LogP contribution in [0.2, 0.25) is 0 Å². The summed E-state index contributed by atoms with van der Waals surface area (Å²) in [5.41, 5.74) is 4.75. The number of esters is 1. The minimum absolute atomic E-state index is 0.0464. The number of rotatable bonds is 11. The van der Waals surface area contributed by atoms with Crippen LogP contribution in [0.1, 0.15) is 36.7 Å². The number of para-hydroxylation sites is 1. The summed E-state index contributed by atoms with van der Waals surface area (Å²) in [5.74, 6) is -2.06. The molecule has 4 atom stereocenters. The van der Waals surface area contributed by atoms with Crippen molar-refractivity contribution >= 4 is 29.3 Å². The van der Waals surface area contributed by atoms with Gasteiger partial charge in [-0.2, -0.15) is 10.2 Å². The Kier molecular flexibility index (Phi) is 9.44. The summed E-state index contributed by atoms with van der Waals surface area (Å²) >= 11 is 0. The normalized spacial score (nSPS) is 19.6. The van der Waals surface area contributed by atoms with Gasteiger partial charge in [0.15, 0.2) is 12.2 Å². The van der Waals surface area contributed by atoms with Gasteiger partial charge in [-0.1, -0.05) is 54.6 Å². The number of H-pyrrole nitrogens is 1. The molecule has 3 aromatic carbocycles. The molecule has 0 aliphatic carbocycles. The van der Waals surface area contributed by atoms with Crippen LogP contribution in [-0.4, -0.2) is 104 Å². The second kappa shape index (κ2) is 14.3. The maximum Gasteiger partial charge on any atom is 0.512 e. The number of tetrazole rings is 1. The Hall–Kier alpha value is -6.07. The summed E-state index contributed by atoms with van der Waals surface area (Å²) in [7, 11) is 0. The minimum atomic E-state index is -1.76. The number of aromatic nitrogens is 6. The van der Waals surface area contributed by atoms with Gasteiger partial charge in [0.1, 0.15) is 12.2 Å². The third-order valence-corrected chi connectivity index (χ3v) is 8.47. The maximum absolute atomic E-state index is 13.7. The summed E-state index contributed by atoms with van der Waals surface area (Å²) in [6.07, 6.45) is -5.82. The van der Waals surface area contributed by atoms with Gasteiger partial charge in [-0.25, -0.2) is 14.4 Å². The molecule has 0 amide bonds. The largest absolute Gasteiger partial charge is 0.512 e. The molecule has 2 aliphatic heterocycles. The highest BCUT2D eigenvalue weighted by Gasteiger charge is 2.51. The Bertz CT molecular complexity index is 2080. The molecule has 0 unspecified atom stereocenters. The third kappa shape index (κ3) is 7.08. The molecule has 0 radical (unpaired) electrons. The smallest absolute Gasteiger partial charge is 0.465 e. The van der Waals surface area contributed by atoms with E-state index in [1.54, 1.807) is 22.8 Å². The van der Waals surface area contributed by atoms with Crippen LogP contribution in [0.15, 0.2) is 66.7 Å². The molecule has 2 N–H and O–H groups in total. The highest BCUT2D eigenvalue weighted by molar-refractivity contribution is 6.02. The number of nitrogens with zero attached hydrogens (tertiary/aromatic N) is 5. The number of ether oxygens (including phenoxy) is 7. The van der Waals surface area contributed by atoms with Gasteiger partial charge in [0.25, 0.3) is 11.8 Å². The van der Waals surface area contributed by atoms with Crippen LogP contribution in [0.25, 0.3) is 33.5 Å². The molecule has 17 nitrogen and oxygen atoms in total.